The second-order valence-electron chi connectivity index (χ2n) is 3.68. The number of hydrogen-bond donors (Lipinski definition) is 1. The van der Waals surface area contributed by atoms with Crippen molar-refractivity contribution in [3.05, 3.63) is 30.2 Å². The maximum absolute atomic E-state index is 4.28. The summed E-state index contributed by atoms with van der Waals surface area (Å²) in [6.45, 7) is 3.58. The molecular weight excluding hydrogens is 234 g/mol. The number of likely N-dealkylation sites (N-methyl/N-ethyl adjacent to an activating group) is 1. The summed E-state index contributed by atoms with van der Waals surface area (Å²) >= 11 is 1.39. The summed E-state index contributed by atoms with van der Waals surface area (Å²) in [4.78, 5) is 10.6. The van der Waals surface area contributed by atoms with Crippen molar-refractivity contribution >= 4 is 22.5 Å². The van der Waals surface area contributed by atoms with E-state index in [9.17, 15) is 0 Å². The molecule has 0 aromatic carbocycles. The number of hydrogen-bond acceptors (Lipinski definition) is 6. The molecule has 0 saturated heterocycles. The van der Waals surface area contributed by atoms with Crippen LogP contribution >= 0.6 is 11.5 Å². The first-order chi connectivity index (χ1) is 8.25. The second-order valence-corrected chi connectivity index (χ2v) is 4.43. The Bertz CT molecular complexity index is 456. The van der Waals surface area contributed by atoms with Gasteiger partial charge in [0.25, 0.3) is 0 Å². The minimum atomic E-state index is 0.815. The number of aryl methyl sites for hydroxylation is 1. The molecule has 0 aliphatic carbocycles. The molecular formula is C11H15N5S. The molecule has 5 nitrogen and oxygen atoms in total. The van der Waals surface area contributed by atoms with Gasteiger partial charge >= 0.3 is 0 Å². The molecule has 0 amide bonds. The topological polar surface area (TPSA) is 53.9 Å². The molecule has 1 N–H and O–H groups in total. The van der Waals surface area contributed by atoms with Gasteiger partial charge in [-0.15, -0.1) is 0 Å². The summed E-state index contributed by atoms with van der Waals surface area (Å²) in [7, 11) is 2.02. The van der Waals surface area contributed by atoms with Gasteiger partial charge in [0, 0.05) is 37.9 Å². The lowest BCUT2D eigenvalue weighted by atomic mass is 10.4. The summed E-state index contributed by atoms with van der Waals surface area (Å²) < 4.78 is 4.11. The summed E-state index contributed by atoms with van der Waals surface area (Å²) in [6, 6.07) is 5.90. The molecule has 0 aliphatic heterocycles. The Balaban J connectivity index is 1.79. The number of anilines is 2. The number of aromatic nitrogens is 3. The third kappa shape index (κ3) is 3.39. The van der Waals surface area contributed by atoms with Crippen LogP contribution in [-0.2, 0) is 0 Å². The first-order valence-corrected chi connectivity index (χ1v) is 6.19. The second kappa shape index (κ2) is 5.58. The zero-order chi connectivity index (χ0) is 12.1. The first kappa shape index (κ1) is 11.8. The van der Waals surface area contributed by atoms with E-state index in [2.05, 4.69) is 24.6 Å². The van der Waals surface area contributed by atoms with E-state index in [1.54, 1.807) is 6.20 Å². The van der Waals surface area contributed by atoms with Crippen LogP contribution in [0.1, 0.15) is 5.82 Å². The lowest BCUT2D eigenvalue weighted by Gasteiger charge is -2.17. The van der Waals surface area contributed by atoms with Gasteiger partial charge in [0.15, 0.2) is 0 Å². The highest BCUT2D eigenvalue weighted by molar-refractivity contribution is 7.09. The molecule has 0 atom stereocenters. The molecule has 2 rings (SSSR count). The predicted octanol–water partition coefficient (Wildman–Crippen LogP) is 1.79. The number of nitrogens with zero attached hydrogens (tertiary/aromatic N) is 4. The van der Waals surface area contributed by atoms with Gasteiger partial charge in [-0.3, -0.25) is 0 Å². The Hall–Kier alpha value is -1.69. The number of nitrogens with one attached hydrogen (secondary N) is 1. The quantitative estimate of drug-likeness (QED) is 0.875. The Morgan fingerprint density at radius 1 is 1.41 bits per heavy atom. The van der Waals surface area contributed by atoms with Crippen molar-refractivity contribution in [3.8, 4) is 0 Å². The highest BCUT2D eigenvalue weighted by Gasteiger charge is 2.02. The zero-order valence-corrected chi connectivity index (χ0v) is 10.7. The van der Waals surface area contributed by atoms with Crippen LogP contribution in [0.2, 0.25) is 0 Å². The van der Waals surface area contributed by atoms with Crippen molar-refractivity contribution in [2.45, 2.75) is 6.92 Å². The van der Waals surface area contributed by atoms with E-state index >= 15 is 0 Å². The highest BCUT2D eigenvalue weighted by Crippen LogP contribution is 2.10. The molecule has 0 radical (unpaired) electrons. The lowest BCUT2D eigenvalue weighted by molar-refractivity contribution is 0.892. The van der Waals surface area contributed by atoms with Gasteiger partial charge in [-0.25, -0.2) is 9.97 Å². The molecule has 2 aromatic rings. The van der Waals surface area contributed by atoms with E-state index in [0.29, 0.717) is 0 Å². The van der Waals surface area contributed by atoms with E-state index in [1.807, 2.05) is 32.2 Å². The van der Waals surface area contributed by atoms with E-state index < -0.39 is 0 Å². The van der Waals surface area contributed by atoms with E-state index in [4.69, 9.17) is 0 Å². The Labute approximate surface area is 105 Å². The average Bonchev–Trinajstić information content (AvgIpc) is 2.76. The van der Waals surface area contributed by atoms with Gasteiger partial charge in [0.2, 0.25) is 5.13 Å². The maximum Gasteiger partial charge on any atom is 0.202 e. The molecule has 0 aliphatic rings. The summed E-state index contributed by atoms with van der Waals surface area (Å²) in [6.07, 6.45) is 1.80. The molecule has 0 spiro atoms. The van der Waals surface area contributed by atoms with E-state index in [-0.39, 0.29) is 0 Å². The highest BCUT2D eigenvalue weighted by atomic mass is 32.1. The van der Waals surface area contributed by atoms with Gasteiger partial charge < -0.3 is 10.2 Å². The Morgan fingerprint density at radius 3 is 2.94 bits per heavy atom. The van der Waals surface area contributed by atoms with Crippen LogP contribution in [-0.4, -0.2) is 34.5 Å². The van der Waals surface area contributed by atoms with Gasteiger partial charge in [0.05, 0.1) is 0 Å². The fraction of sp³-hybridized carbons (Fsp3) is 0.364. The van der Waals surface area contributed by atoms with Crippen molar-refractivity contribution in [3.63, 3.8) is 0 Å². The Kier molecular flexibility index (Phi) is 3.87. The third-order valence-electron chi connectivity index (χ3n) is 2.29. The van der Waals surface area contributed by atoms with Crippen LogP contribution in [0.25, 0.3) is 0 Å². The monoisotopic (exact) mass is 249 g/mol. The fourth-order valence-electron chi connectivity index (χ4n) is 1.39. The first-order valence-electron chi connectivity index (χ1n) is 5.42. The Morgan fingerprint density at radius 2 is 2.29 bits per heavy atom. The number of rotatable bonds is 5. The van der Waals surface area contributed by atoms with E-state index in [1.165, 1.54) is 11.5 Å². The van der Waals surface area contributed by atoms with Gasteiger partial charge in [-0.05, 0) is 19.1 Å². The molecule has 2 aromatic heterocycles. The van der Waals surface area contributed by atoms with Crippen molar-refractivity contribution < 1.29 is 0 Å². The summed E-state index contributed by atoms with van der Waals surface area (Å²) in [5.41, 5.74) is 0. The predicted molar refractivity (Wildman–Crippen MR) is 70.6 cm³/mol. The summed E-state index contributed by atoms with van der Waals surface area (Å²) in [5, 5.41) is 4.11. The standard InChI is InChI=1S/C11H15N5S/c1-9-14-11(17-15-9)13-7-8-16(2)10-5-3-4-6-12-10/h3-6H,7-8H2,1-2H3,(H,13,14,15). The summed E-state index contributed by atoms with van der Waals surface area (Å²) in [5.74, 6) is 1.79. The largest absolute Gasteiger partial charge is 0.359 e. The van der Waals surface area contributed by atoms with Crippen LogP contribution in [0.4, 0.5) is 10.9 Å². The van der Waals surface area contributed by atoms with Crippen molar-refractivity contribution in [2.24, 2.45) is 0 Å². The minimum Gasteiger partial charge on any atom is -0.359 e. The van der Waals surface area contributed by atoms with E-state index in [0.717, 1.165) is 29.9 Å². The SMILES string of the molecule is Cc1nsc(NCCN(C)c2ccccn2)n1. The van der Waals surface area contributed by atoms with Crippen LogP contribution in [0.5, 0.6) is 0 Å². The number of pyridine rings is 1. The molecule has 90 valence electrons. The molecule has 0 unspecified atom stereocenters. The van der Waals surface area contributed by atoms with Crippen LogP contribution < -0.4 is 10.2 Å². The van der Waals surface area contributed by atoms with Crippen LogP contribution in [0.15, 0.2) is 24.4 Å². The lowest BCUT2D eigenvalue weighted by Crippen LogP contribution is -2.25. The van der Waals surface area contributed by atoms with Gasteiger partial charge in [0.1, 0.15) is 11.6 Å². The minimum absolute atomic E-state index is 0.815. The average molecular weight is 249 g/mol. The van der Waals surface area contributed by atoms with Crippen molar-refractivity contribution in [2.75, 3.05) is 30.4 Å². The molecule has 0 bridgehead atoms. The van der Waals surface area contributed by atoms with Gasteiger partial charge in [-0.1, -0.05) is 6.07 Å². The van der Waals surface area contributed by atoms with Crippen LogP contribution in [0.3, 0.4) is 0 Å². The fourth-order valence-corrected chi connectivity index (χ4v) is 1.99. The molecule has 17 heavy (non-hydrogen) atoms. The molecule has 0 fully saturated rings. The smallest absolute Gasteiger partial charge is 0.202 e. The molecule has 6 heteroatoms. The molecule has 0 saturated carbocycles. The normalized spacial score (nSPS) is 10.2. The maximum atomic E-state index is 4.28. The van der Waals surface area contributed by atoms with Crippen LogP contribution in [0, 0.1) is 6.92 Å². The van der Waals surface area contributed by atoms with Gasteiger partial charge in [-0.2, -0.15) is 4.37 Å². The molecule has 2 heterocycles. The van der Waals surface area contributed by atoms with Crippen molar-refractivity contribution in [1.29, 1.82) is 0 Å². The third-order valence-corrected chi connectivity index (χ3v) is 3.06. The van der Waals surface area contributed by atoms with Crippen molar-refractivity contribution in [1.82, 2.24) is 14.3 Å². The zero-order valence-electron chi connectivity index (χ0n) is 9.92.